The maximum Gasteiger partial charge on any atom is 0.240 e. The Bertz CT molecular complexity index is 753. The Morgan fingerprint density at radius 2 is 2.05 bits per heavy atom. The second-order valence-corrected chi connectivity index (χ2v) is 6.26. The average Bonchev–Trinajstić information content (AvgIpc) is 2.84. The molecule has 0 amide bonds. The van der Waals surface area contributed by atoms with Crippen molar-refractivity contribution in [1.82, 2.24) is 9.55 Å². The van der Waals surface area contributed by atoms with Gasteiger partial charge in [-0.2, -0.15) is 0 Å². The summed E-state index contributed by atoms with van der Waals surface area (Å²) in [6, 6.07) is 4.80. The first-order valence-corrected chi connectivity index (χ1v) is 7.67. The molecule has 0 spiro atoms. The zero-order chi connectivity index (χ0) is 14.3. The Morgan fingerprint density at radius 3 is 2.75 bits per heavy atom. The third kappa shape index (κ3) is 2.23. The van der Waals surface area contributed by atoms with Crippen molar-refractivity contribution in [1.29, 1.82) is 0 Å². The van der Waals surface area contributed by atoms with Crippen LogP contribution < -0.4 is 15.8 Å². The molecule has 0 fully saturated rings. The Balaban J connectivity index is 1.91. The van der Waals surface area contributed by atoms with Gasteiger partial charge in [0.15, 0.2) is 0 Å². The molecule has 0 aliphatic carbocycles. The van der Waals surface area contributed by atoms with Gasteiger partial charge in [0.25, 0.3) is 0 Å². The quantitative estimate of drug-likeness (QED) is 0.765. The number of benzene rings is 1. The van der Waals surface area contributed by atoms with E-state index in [4.69, 9.17) is 10.9 Å². The van der Waals surface area contributed by atoms with Gasteiger partial charge in [0.1, 0.15) is 10.7 Å². The molecule has 4 N–H and O–H groups in total. The largest absolute Gasteiger partial charge is 0.398 e. The molecule has 0 bridgehead atoms. The smallest absolute Gasteiger partial charge is 0.240 e. The van der Waals surface area contributed by atoms with Gasteiger partial charge in [0.2, 0.25) is 10.0 Å². The Hall–Kier alpha value is -2.06. The summed E-state index contributed by atoms with van der Waals surface area (Å²) in [5.74, 6) is 0.977. The Morgan fingerprint density at radius 1 is 1.25 bits per heavy atom. The summed E-state index contributed by atoms with van der Waals surface area (Å²) >= 11 is 0. The van der Waals surface area contributed by atoms with Crippen molar-refractivity contribution in [3.8, 4) is 0 Å². The lowest BCUT2D eigenvalue weighted by molar-refractivity contribution is 0.560. The van der Waals surface area contributed by atoms with Crippen LogP contribution in [-0.2, 0) is 23.1 Å². The molecule has 8 heteroatoms. The minimum Gasteiger partial charge on any atom is -0.398 e. The van der Waals surface area contributed by atoms with Crippen LogP contribution in [0.25, 0.3) is 0 Å². The molecule has 2 aromatic rings. The molecule has 0 radical (unpaired) electrons. The lowest BCUT2D eigenvalue weighted by Crippen LogP contribution is -2.33. The molecule has 1 aromatic carbocycles. The SMILES string of the molecule is Nc1cc(N2CCn3ccnc3C2)ccc1S(N)(=O)=O. The first kappa shape index (κ1) is 12.9. The molecule has 2 heterocycles. The van der Waals surface area contributed by atoms with Crippen LogP contribution in [0, 0.1) is 0 Å². The zero-order valence-electron chi connectivity index (χ0n) is 10.7. The highest BCUT2D eigenvalue weighted by molar-refractivity contribution is 7.89. The molecule has 106 valence electrons. The fourth-order valence-electron chi connectivity index (χ4n) is 2.39. The van der Waals surface area contributed by atoms with Crippen molar-refractivity contribution in [3.63, 3.8) is 0 Å². The number of hydrogen-bond acceptors (Lipinski definition) is 5. The van der Waals surface area contributed by atoms with Crippen LogP contribution in [-0.4, -0.2) is 24.5 Å². The number of aromatic nitrogens is 2. The van der Waals surface area contributed by atoms with Crippen LogP contribution in [0.3, 0.4) is 0 Å². The molecular formula is C12H15N5O2S. The molecule has 0 saturated heterocycles. The van der Waals surface area contributed by atoms with Gasteiger partial charge in [-0.1, -0.05) is 0 Å². The maximum atomic E-state index is 11.3. The first-order chi connectivity index (χ1) is 9.45. The third-order valence-electron chi connectivity index (χ3n) is 3.41. The lowest BCUT2D eigenvalue weighted by atomic mass is 10.2. The number of hydrogen-bond donors (Lipinski definition) is 2. The van der Waals surface area contributed by atoms with E-state index < -0.39 is 10.0 Å². The summed E-state index contributed by atoms with van der Waals surface area (Å²) in [6.45, 7) is 2.32. The van der Waals surface area contributed by atoms with Gasteiger partial charge in [-0.05, 0) is 18.2 Å². The molecule has 20 heavy (non-hydrogen) atoms. The number of imidazole rings is 1. The molecule has 1 aliphatic heterocycles. The standard InChI is InChI=1S/C12H15N5O2S/c13-10-7-9(1-2-11(10)20(14,18)19)17-6-5-16-4-3-15-12(16)8-17/h1-4,7H,5-6,8,13H2,(H2,14,18,19). The van der Waals surface area contributed by atoms with Crippen LogP contribution in [0.15, 0.2) is 35.5 Å². The minimum atomic E-state index is -3.78. The highest BCUT2D eigenvalue weighted by Crippen LogP contribution is 2.26. The molecule has 0 saturated carbocycles. The van der Waals surface area contributed by atoms with Gasteiger partial charge < -0.3 is 15.2 Å². The number of rotatable bonds is 2. The van der Waals surface area contributed by atoms with E-state index in [1.165, 1.54) is 6.07 Å². The van der Waals surface area contributed by atoms with Gasteiger partial charge in [-0.3, -0.25) is 0 Å². The van der Waals surface area contributed by atoms with E-state index in [9.17, 15) is 8.42 Å². The van der Waals surface area contributed by atoms with E-state index in [2.05, 4.69) is 14.5 Å². The molecule has 3 rings (SSSR count). The van der Waals surface area contributed by atoms with Crippen molar-refractivity contribution in [2.75, 3.05) is 17.2 Å². The zero-order valence-corrected chi connectivity index (χ0v) is 11.5. The fraction of sp³-hybridized carbons (Fsp3) is 0.250. The topological polar surface area (TPSA) is 107 Å². The van der Waals surface area contributed by atoms with Gasteiger partial charge in [0, 0.05) is 31.2 Å². The van der Waals surface area contributed by atoms with Crippen molar-refractivity contribution >= 4 is 21.4 Å². The Kier molecular flexibility index (Phi) is 2.91. The summed E-state index contributed by atoms with van der Waals surface area (Å²) in [6.07, 6.45) is 3.72. The Labute approximate surface area is 116 Å². The predicted molar refractivity (Wildman–Crippen MR) is 75.5 cm³/mol. The monoisotopic (exact) mass is 293 g/mol. The van der Waals surface area contributed by atoms with E-state index in [1.54, 1.807) is 18.3 Å². The first-order valence-electron chi connectivity index (χ1n) is 6.12. The van der Waals surface area contributed by atoms with Crippen LogP contribution in [0.2, 0.25) is 0 Å². The van der Waals surface area contributed by atoms with Crippen LogP contribution in [0.1, 0.15) is 5.82 Å². The molecule has 1 aromatic heterocycles. The highest BCUT2D eigenvalue weighted by atomic mass is 32.2. The van der Waals surface area contributed by atoms with E-state index in [1.807, 2.05) is 6.20 Å². The van der Waals surface area contributed by atoms with Crippen molar-refractivity contribution in [2.24, 2.45) is 5.14 Å². The van der Waals surface area contributed by atoms with E-state index in [0.717, 1.165) is 24.6 Å². The molecule has 0 unspecified atom stereocenters. The van der Waals surface area contributed by atoms with Gasteiger partial charge >= 0.3 is 0 Å². The number of sulfonamides is 1. The minimum absolute atomic E-state index is 0.0419. The average molecular weight is 293 g/mol. The summed E-state index contributed by atoms with van der Waals surface area (Å²) in [7, 11) is -3.78. The highest BCUT2D eigenvalue weighted by Gasteiger charge is 2.19. The lowest BCUT2D eigenvalue weighted by Gasteiger charge is -2.29. The van der Waals surface area contributed by atoms with E-state index >= 15 is 0 Å². The fourth-order valence-corrected chi connectivity index (χ4v) is 3.03. The third-order valence-corrected chi connectivity index (χ3v) is 4.39. The number of primary sulfonamides is 1. The van der Waals surface area contributed by atoms with Crippen molar-refractivity contribution in [2.45, 2.75) is 18.0 Å². The number of fused-ring (bicyclic) bond motifs is 1. The summed E-state index contributed by atoms with van der Waals surface area (Å²) in [4.78, 5) is 6.35. The van der Waals surface area contributed by atoms with E-state index in [-0.39, 0.29) is 10.6 Å². The molecule has 0 atom stereocenters. The number of nitrogens with two attached hydrogens (primary N) is 2. The predicted octanol–water partition coefficient (Wildman–Crippen LogP) is 0.133. The second-order valence-electron chi connectivity index (χ2n) is 4.73. The molecular weight excluding hydrogens is 278 g/mol. The van der Waals surface area contributed by atoms with Crippen LogP contribution in [0.5, 0.6) is 0 Å². The molecule has 7 nitrogen and oxygen atoms in total. The van der Waals surface area contributed by atoms with Crippen molar-refractivity contribution < 1.29 is 8.42 Å². The maximum absolute atomic E-state index is 11.3. The van der Waals surface area contributed by atoms with Gasteiger partial charge in [0.05, 0.1) is 12.2 Å². The summed E-state index contributed by atoms with van der Waals surface area (Å²) in [5.41, 5.74) is 6.81. The second kappa shape index (κ2) is 4.50. The summed E-state index contributed by atoms with van der Waals surface area (Å²) in [5, 5.41) is 5.10. The number of nitrogen functional groups attached to an aromatic ring is 1. The van der Waals surface area contributed by atoms with Crippen LogP contribution in [0.4, 0.5) is 11.4 Å². The molecule has 1 aliphatic rings. The normalized spacial score (nSPS) is 15.2. The van der Waals surface area contributed by atoms with Crippen LogP contribution >= 0.6 is 0 Å². The van der Waals surface area contributed by atoms with Crippen molar-refractivity contribution in [3.05, 3.63) is 36.4 Å². The van der Waals surface area contributed by atoms with Gasteiger partial charge in [-0.25, -0.2) is 18.5 Å². The van der Waals surface area contributed by atoms with Gasteiger partial charge in [-0.15, -0.1) is 0 Å². The number of anilines is 2. The number of nitrogens with zero attached hydrogens (tertiary/aromatic N) is 3. The van der Waals surface area contributed by atoms with E-state index in [0.29, 0.717) is 6.54 Å². The summed E-state index contributed by atoms with van der Waals surface area (Å²) < 4.78 is 24.8.